The van der Waals surface area contributed by atoms with Crippen molar-refractivity contribution in [1.29, 1.82) is 0 Å². The quantitative estimate of drug-likeness (QED) is 0.896. The zero-order chi connectivity index (χ0) is 17.3. The average molecular weight is 369 g/mol. The van der Waals surface area contributed by atoms with Crippen LogP contribution >= 0.6 is 11.3 Å². The van der Waals surface area contributed by atoms with E-state index in [2.05, 4.69) is 10.3 Å². The van der Waals surface area contributed by atoms with E-state index in [1.807, 2.05) is 0 Å². The predicted octanol–water partition coefficient (Wildman–Crippen LogP) is 2.24. The maximum atomic E-state index is 12.9. The lowest BCUT2D eigenvalue weighted by atomic mass is 10.2. The van der Waals surface area contributed by atoms with Crippen molar-refractivity contribution in [1.82, 2.24) is 9.29 Å². The standard InChI is InChI=1S/C15H16FN3O3S2/c1-2-24(21,22)19-8-7-12-13(9-19)23-15(17-12)18-14(20)10-3-5-11(16)6-4-10/h3-6H,2,7-9H2,1H3,(H,17,18,20). The highest BCUT2D eigenvalue weighted by atomic mass is 32.2. The number of hydrogen-bond donors (Lipinski definition) is 1. The first-order chi connectivity index (χ1) is 11.4. The number of carbonyl (C=O) groups excluding carboxylic acids is 1. The molecule has 0 aliphatic carbocycles. The normalized spacial score (nSPS) is 15.1. The minimum atomic E-state index is -3.24. The molecule has 1 aliphatic heterocycles. The molecule has 0 radical (unpaired) electrons. The molecule has 0 fully saturated rings. The third-order valence-electron chi connectivity index (χ3n) is 3.78. The molecule has 2 heterocycles. The van der Waals surface area contributed by atoms with E-state index in [4.69, 9.17) is 0 Å². The molecule has 0 unspecified atom stereocenters. The average Bonchev–Trinajstić information content (AvgIpc) is 2.96. The van der Waals surface area contributed by atoms with Gasteiger partial charge in [-0.3, -0.25) is 10.1 Å². The molecule has 1 aromatic heterocycles. The first-order valence-corrected chi connectivity index (χ1v) is 9.85. The second-order valence-electron chi connectivity index (χ2n) is 5.33. The second kappa shape index (κ2) is 6.58. The highest BCUT2D eigenvalue weighted by molar-refractivity contribution is 7.89. The maximum Gasteiger partial charge on any atom is 0.257 e. The number of amides is 1. The van der Waals surface area contributed by atoms with Crippen molar-refractivity contribution in [2.75, 3.05) is 17.6 Å². The number of anilines is 1. The number of hydrogen-bond acceptors (Lipinski definition) is 5. The van der Waals surface area contributed by atoms with E-state index in [0.29, 0.717) is 23.7 Å². The van der Waals surface area contributed by atoms with Gasteiger partial charge in [-0.25, -0.2) is 17.8 Å². The van der Waals surface area contributed by atoms with E-state index >= 15 is 0 Å². The number of halogens is 1. The Morgan fingerprint density at radius 2 is 2.08 bits per heavy atom. The maximum absolute atomic E-state index is 12.9. The molecule has 0 bridgehead atoms. The van der Waals surface area contributed by atoms with Crippen LogP contribution < -0.4 is 5.32 Å². The van der Waals surface area contributed by atoms with Crippen LogP contribution in [0.5, 0.6) is 0 Å². The van der Waals surface area contributed by atoms with Gasteiger partial charge in [-0.15, -0.1) is 11.3 Å². The third kappa shape index (κ3) is 3.47. The molecule has 1 aliphatic rings. The summed E-state index contributed by atoms with van der Waals surface area (Å²) < 4.78 is 38.3. The molecule has 1 amide bonds. The van der Waals surface area contributed by atoms with Crippen molar-refractivity contribution in [3.63, 3.8) is 0 Å². The molecule has 9 heteroatoms. The fourth-order valence-corrected chi connectivity index (χ4v) is 4.58. The lowest BCUT2D eigenvalue weighted by Gasteiger charge is -2.24. The fourth-order valence-electron chi connectivity index (χ4n) is 2.42. The SMILES string of the molecule is CCS(=O)(=O)N1CCc2nc(NC(=O)c3ccc(F)cc3)sc2C1. The number of rotatable bonds is 4. The van der Waals surface area contributed by atoms with Gasteiger partial charge < -0.3 is 0 Å². The van der Waals surface area contributed by atoms with E-state index < -0.39 is 15.8 Å². The van der Waals surface area contributed by atoms with Gasteiger partial charge in [0.2, 0.25) is 10.0 Å². The smallest absolute Gasteiger partial charge is 0.257 e. The van der Waals surface area contributed by atoms with Crippen molar-refractivity contribution in [3.05, 3.63) is 46.2 Å². The summed E-state index contributed by atoms with van der Waals surface area (Å²) in [6.07, 6.45) is 0.525. The van der Waals surface area contributed by atoms with Crippen LogP contribution in [0.4, 0.5) is 9.52 Å². The monoisotopic (exact) mass is 369 g/mol. The Morgan fingerprint density at radius 1 is 1.38 bits per heavy atom. The van der Waals surface area contributed by atoms with Gasteiger partial charge >= 0.3 is 0 Å². The Hall–Kier alpha value is -1.84. The number of sulfonamides is 1. The van der Waals surface area contributed by atoms with Crippen molar-refractivity contribution in [2.45, 2.75) is 19.9 Å². The molecule has 0 saturated carbocycles. The van der Waals surface area contributed by atoms with E-state index in [0.717, 1.165) is 10.6 Å². The second-order valence-corrected chi connectivity index (χ2v) is 8.68. The van der Waals surface area contributed by atoms with Crippen LogP contribution in [0, 0.1) is 5.82 Å². The van der Waals surface area contributed by atoms with Gasteiger partial charge in [0.1, 0.15) is 5.82 Å². The largest absolute Gasteiger partial charge is 0.298 e. The summed E-state index contributed by atoms with van der Waals surface area (Å²) in [6, 6.07) is 5.23. The lowest BCUT2D eigenvalue weighted by molar-refractivity contribution is 0.102. The minimum Gasteiger partial charge on any atom is -0.298 e. The van der Waals surface area contributed by atoms with E-state index in [1.165, 1.54) is 39.9 Å². The number of carbonyl (C=O) groups is 1. The summed E-state index contributed by atoms with van der Waals surface area (Å²) >= 11 is 1.27. The van der Waals surface area contributed by atoms with Crippen molar-refractivity contribution < 1.29 is 17.6 Å². The number of benzene rings is 1. The Morgan fingerprint density at radius 3 is 2.75 bits per heavy atom. The molecule has 0 spiro atoms. The molecular weight excluding hydrogens is 353 g/mol. The molecule has 2 aromatic rings. The van der Waals surface area contributed by atoms with Gasteiger partial charge in [0.25, 0.3) is 5.91 Å². The van der Waals surface area contributed by atoms with Crippen molar-refractivity contribution in [3.8, 4) is 0 Å². The van der Waals surface area contributed by atoms with Gasteiger partial charge in [-0.2, -0.15) is 4.31 Å². The Bertz CT molecular complexity index is 863. The fraction of sp³-hybridized carbons (Fsp3) is 0.333. The van der Waals surface area contributed by atoms with Gasteiger partial charge in [-0.1, -0.05) is 0 Å². The highest BCUT2D eigenvalue weighted by Gasteiger charge is 2.28. The number of fused-ring (bicyclic) bond motifs is 1. The van der Waals surface area contributed by atoms with Crippen LogP contribution in [0.15, 0.2) is 24.3 Å². The van der Waals surface area contributed by atoms with Gasteiger partial charge in [0, 0.05) is 30.0 Å². The number of nitrogens with zero attached hydrogens (tertiary/aromatic N) is 2. The molecule has 24 heavy (non-hydrogen) atoms. The number of nitrogens with one attached hydrogen (secondary N) is 1. The molecule has 0 saturated heterocycles. The molecule has 6 nitrogen and oxygen atoms in total. The van der Waals surface area contributed by atoms with Crippen LogP contribution in [0.3, 0.4) is 0 Å². The van der Waals surface area contributed by atoms with E-state index in [9.17, 15) is 17.6 Å². The summed E-state index contributed by atoms with van der Waals surface area (Å²) in [6.45, 7) is 2.31. The molecule has 0 atom stereocenters. The van der Waals surface area contributed by atoms with E-state index in [-0.39, 0.29) is 18.2 Å². The first kappa shape index (κ1) is 17.0. The lowest BCUT2D eigenvalue weighted by Crippen LogP contribution is -2.36. The molecule has 1 aromatic carbocycles. The number of thiazole rings is 1. The highest BCUT2D eigenvalue weighted by Crippen LogP contribution is 2.29. The van der Waals surface area contributed by atoms with Gasteiger partial charge in [0.15, 0.2) is 5.13 Å². The number of aromatic nitrogens is 1. The van der Waals surface area contributed by atoms with Crippen LogP contribution in [0.25, 0.3) is 0 Å². The third-order valence-corrected chi connectivity index (χ3v) is 6.61. The summed E-state index contributed by atoms with van der Waals surface area (Å²) in [7, 11) is -3.24. The van der Waals surface area contributed by atoms with Gasteiger partial charge in [-0.05, 0) is 31.2 Å². The molecule has 128 valence electrons. The topological polar surface area (TPSA) is 79.4 Å². The van der Waals surface area contributed by atoms with Crippen LogP contribution in [-0.2, 0) is 23.0 Å². The zero-order valence-electron chi connectivity index (χ0n) is 13.0. The molecule has 1 N–H and O–H groups in total. The summed E-state index contributed by atoms with van der Waals surface area (Å²) in [5, 5.41) is 3.10. The Kier molecular flexibility index (Phi) is 4.66. The summed E-state index contributed by atoms with van der Waals surface area (Å²) in [5.74, 6) is -0.720. The molecule has 3 rings (SSSR count). The Balaban J connectivity index is 1.74. The Labute approximate surface area is 143 Å². The predicted molar refractivity (Wildman–Crippen MR) is 90.0 cm³/mol. The van der Waals surface area contributed by atoms with E-state index in [1.54, 1.807) is 6.92 Å². The van der Waals surface area contributed by atoms with Crippen molar-refractivity contribution >= 4 is 32.4 Å². The van der Waals surface area contributed by atoms with Gasteiger partial charge in [0.05, 0.1) is 11.4 Å². The first-order valence-electron chi connectivity index (χ1n) is 7.42. The summed E-state index contributed by atoms with van der Waals surface area (Å²) in [5.41, 5.74) is 1.15. The molecular formula is C15H16FN3O3S2. The summed E-state index contributed by atoms with van der Waals surface area (Å²) in [4.78, 5) is 17.3. The zero-order valence-corrected chi connectivity index (χ0v) is 14.6. The van der Waals surface area contributed by atoms with Crippen LogP contribution in [-0.4, -0.2) is 35.9 Å². The van der Waals surface area contributed by atoms with Crippen LogP contribution in [0.2, 0.25) is 0 Å². The van der Waals surface area contributed by atoms with Crippen LogP contribution in [0.1, 0.15) is 27.9 Å². The minimum absolute atomic E-state index is 0.0648. The van der Waals surface area contributed by atoms with Crippen molar-refractivity contribution in [2.24, 2.45) is 0 Å².